The van der Waals surface area contributed by atoms with Crippen molar-refractivity contribution in [3.63, 3.8) is 0 Å². The van der Waals surface area contributed by atoms with Gasteiger partial charge < -0.3 is 13.9 Å². The number of hydrogen-bond donors (Lipinski definition) is 0. The average molecular weight is 545 g/mol. The van der Waals surface area contributed by atoms with Gasteiger partial charge in [-0.25, -0.2) is 9.36 Å². The molecule has 0 aliphatic carbocycles. The molecular weight excluding hydrogens is 502 g/mol. The zero-order valence-corrected chi connectivity index (χ0v) is 24.3. The minimum absolute atomic E-state index is 0.213. The van der Waals surface area contributed by atoms with E-state index in [1.54, 1.807) is 4.57 Å². The number of aromatic nitrogens is 1. The van der Waals surface area contributed by atoms with Gasteiger partial charge in [-0.3, -0.25) is 4.79 Å². The molecule has 0 unspecified atom stereocenters. The largest absolute Gasteiger partial charge is 0.531 e. The lowest BCUT2D eigenvalue weighted by molar-refractivity contribution is -0.141. The second-order valence-electron chi connectivity index (χ2n) is 11.0. The van der Waals surface area contributed by atoms with Crippen LogP contribution >= 0.6 is 15.9 Å². The Morgan fingerprint density at radius 2 is 1.73 bits per heavy atom. The van der Waals surface area contributed by atoms with Gasteiger partial charge in [0.05, 0.1) is 6.42 Å². The molecule has 0 radical (unpaired) electrons. The van der Waals surface area contributed by atoms with E-state index in [4.69, 9.17) is 13.9 Å². The zero-order valence-electron chi connectivity index (χ0n) is 21.7. The van der Waals surface area contributed by atoms with Gasteiger partial charge in [0, 0.05) is 16.9 Å². The number of hydrogen-bond acceptors (Lipinski definition) is 5. The molecule has 1 aliphatic rings. The number of cyclic esters (lactones) is 1. The third-order valence-corrected chi connectivity index (χ3v) is 13.1. The Hall–Kier alpha value is -1.28. The quantitative estimate of drug-likeness (QED) is 0.184. The number of carbonyl (C=O) groups excluding carboxylic acids is 2. The highest BCUT2D eigenvalue weighted by Gasteiger charge is 2.48. The van der Waals surface area contributed by atoms with Crippen molar-refractivity contribution in [2.24, 2.45) is 0 Å². The Bertz CT molecular complexity index is 805. The minimum atomic E-state index is -2.31. The lowest BCUT2D eigenvalue weighted by Crippen LogP contribution is -2.51. The van der Waals surface area contributed by atoms with Crippen molar-refractivity contribution >= 4 is 36.3 Å². The number of carbonyl (C=O) groups is 2. The van der Waals surface area contributed by atoms with Crippen molar-refractivity contribution in [2.75, 3.05) is 5.33 Å². The highest BCUT2D eigenvalue weighted by Crippen LogP contribution is 2.44. The molecule has 2 atom stereocenters. The van der Waals surface area contributed by atoms with Crippen molar-refractivity contribution < 1.29 is 23.5 Å². The molecule has 2 rings (SSSR count). The molecule has 1 aliphatic heterocycles. The summed E-state index contributed by atoms with van der Waals surface area (Å²) in [5, 5.41) is 0.834. The third-order valence-electron chi connectivity index (χ3n) is 6.56. The smallest absolute Gasteiger partial charge is 0.421 e. The number of rotatable bonds is 9. The summed E-state index contributed by atoms with van der Waals surface area (Å²) in [5.41, 5.74) is 1.13. The Morgan fingerprint density at radius 3 is 2.21 bits per heavy atom. The monoisotopic (exact) mass is 543 g/mol. The van der Waals surface area contributed by atoms with E-state index in [1.807, 2.05) is 32.9 Å². The number of nitrogens with zero attached hydrogens (tertiary/aromatic N) is 1. The van der Waals surface area contributed by atoms with Gasteiger partial charge in [0.1, 0.15) is 11.7 Å². The second kappa shape index (κ2) is 11.0. The number of ether oxygens (including phenoxy) is 2. The molecule has 2 heterocycles. The summed E-state index contributed by atoms with van der Waals surface area (Å²) in [6.45, 7) is 18.9. The predicted octanol–water partition coefficient (Wildman–Crippen LogP) is 7.40. The van der Waals surface area contributed by atoms with Crippen LogP contribution in [0.2, 0.25) is 16.6 Å². The molecule has 6 nitrogen and oxygen atoms in total. The Morgan fingerprint density at radius 1 is 1.15 bits per heavy atom. The normalized spacial score (nSPS) is 19.5. The molecule has 33 heavy (non-hydrogen) atoms. The van der Waals surface area contributed by atoms with Crippen molar-refractivity contribution in [1.82, 2.24) is 4.57 Å². The van der Waals surface area contributed by atoms with Gasteiger partial charge in [-0.05, 0) is 62.4 Å². The van der Waals surface area contributed by atoms with Crippen LogP contribution in [0.4, 0.5) is 4.79 Å². The summed E-state index contributed by atoms with van der Waals surface area (Å²) < 4.78 is 19.9. The Balaban J connectivity index is 2.59. The molecule has 1 saturated heterocycles. The topological polar surface area (TPSA) is 66.8 Å². The van der Waals surface area contributed by atoms with Gasteiger partial charge >= 0.3 is 12.1 Å². The average Bonchev–Trinajstić information content (AvgIpc) is 3.24. The van der Waals surface area contributed by atoms with Crippen LogP contribution in [-0.2, 0) is 14.3 Å². The van der Waals surface area contributed by atoms with E-state index >= 15 is 0 Å². The molecule has 8 heteroatoms. The van der Waals surface area contributed by atoms with Crippen molar-refractivity contribution in [1.29, 1.82) is 0 Å². The van der Waals surface area contributed by atoms with Gasteiger partial charge in [0.2, 0.25) is 0 Å². The van der Waals surface area contributed by atoms with Crippen LogP contribution in [0.25, 0.3) is 0 Å². The van der Waals surface area contributed by atoms with Crippen LogP contribution in [-0.4, -0.2) is 42.0 Å². The molecule has 0 spiro atoms. The first kappa shape index (κ1) is 28.0. The number of esters is 1. The van der Waals surface area contributed by atoms with E-state index in [-0.39, 0.29) is 24.4 Å². The molecule has 0 N–H and O–H groups in total. The summed E-state index contributed by atoms with van der Waals surface area (Å²) >= 11 is 3.46. The van der Waals surface area contributed by atoms with E-state index in [1.165, 1.54) is 0 Å². The molecule has 1 fully saturated rings. The van der Waals surface area contributed by atoms with Crippen molar-refractivity contribution in [3.8, 4) is 5.88 Å². The van der Waals surface area contributed by atoms with E-state index in [9.17, 15) is 9.59 Å². The first-order valence-electron chi connectivity index (χ1n) is 12.1. The fourth-order valence-corrected chi connectivity index (χ4v) is 10.8. The highest BCUT2D eigenvalue weighted by atomic mass is 79.9. The van der Waals surface area contributed by atoms with Crippen LogP contribution in [0.3, 0.4) is 0 Å². The molecule has 0 amide bonds. The second-order valence-corrected chi connectivity index (χ2v) is 17.2. The molecule has 0 bridgehead atoms. The predicted molar refractivity (Wildman–Crippen MR) is 138 cm³/mol. The maximum absolute atomic E-state index is 13.5. The summed E-state index contributed by atoms with van der Waals surface area (Å²) in [6, 6.07) is 3.78. The van der Waals surface area contributed by atoms with Crippen LogP contribution in [0.1, 0.15) is 93.2 Å². The summed E-state index contributed by atoms with van der Waals surface area (Å²) in [6.07, 6.45) is 1.13. The van der Waals surface area contributed by atoms with E-state index in [0.29, 0.717) is 22.5 Å². The van der Waals surface area contributed by atoms with E-state index < -0.39 is 20.0 Å². The standard InChI is InChI=1S/C25H42BrNO5Si/c1-16(2)33(17(3)4,18(5)6)32-22-13-12-20(27(22)24(29)31-25(7,8)9)19-15-23(28)30-21(19)11-10-14-26/h12-13,16-19,21H,10-11,14-15H2,1-9H3/t19-,21-/m1/s1. The molecule has 0 aromatic carbocycles. The number of halogens is 1. The van der Waals surface area contributed by atoms with Crippen LogP contribution in [0, 0.1) is 0 Å². The van der Waals surface area contributed by atoms with Gasteiger partial charge in [-0.1, -0.05) is 57.5 Å². The highest BCUT2D eigenvalue weighted by molar-refractivity contribution is 9.09. The van der Waals surface area contributed by atoms with Crippen molar-refractivity contribution in [3.05, 3.63) is 17.8 Å². The summed E-state index contributed by atoms with van der Waals surface area (Å²) in [5.74, 6) is 0.0736. The zero-order chi connectivity index (χ0) is 25.1. The molecule has 188 valence electrons. The van der Waals surface area contributed by atoms with Crippen molar-refractivity contribution in [2.45, 2.75) is 116 Å². The fraction of sp³-hybridized carbons (Fsp3) is 0.760. The van der Waals surface area contributed by atoms with Gasteiger partial charge in [-0.2, -0.15) is 0 Å². The third kappa shape index (κ3) is 6.24. The van der Waals surface area contributed by atoms with Gasteiger partial charge in [0.25, 0.3) is 8.32 Å². The van der Waals surface area contributed by atoms with Crippen LogP contribution in [0.5, 0.6) is 5.88 Å². The molecular formula is C25H42BrNO5Si. The fourth-order valence-electron chi connectivity index (χ4n) is 5.28. The minimum Gasteiger partial charge on any atom is -0.531 e. The Labute approximate surface area is 209 Å². The van der Waals surface area contributed by atoms with Crippen LogP contribution in [0.15, 0.2) is 12.1 Å². The first-order chi connectivity index (χ1) is 15.2. The lowest BCUT2D eigenvalue weighted by Gasteiger charge is -2.42. The maximum Gasteiger partial charge on any atom is 0.421 e. The van der Waals surface area contributed by atoms with Gasteiger partial charge in [-0.15, -0.1) is 0 Å². The van der Waals surface area contributed by atoms with Crippen LogP contribution < -0.4 is 4.43 Å². The summed E-state index contributed by atoms with van der Waals surface area (Å²) in [4.78, 5) is 25.7. The number of alkyl halides is 1. The lowest BCUT2D eigenvalue weighted by atomic mass is 9.94. The SMILES string of the molecule is CC(C)[Si](Oc1ccc([C@H]2CC(=O)O[C@@H]2CCCBr)n1C(=O)OC(C)(C)C)(C(C)C)C(C)C. The first-order valence-corrected chi connectivity index (χ1v) is 15.4. The summed E-state index contributed by atoms with van der Waals surface area (Å²) in [7, 11) is -2.31. The van der Waals surface area contributed by atoms with E-state index in [2.05, 4.69) is 57.5 Å². The molecule has 1 aromatic rings. The van der Waals surface area contributed by atoms with E-state index in [0.717, 1.165) is 23.9 Å². The maximum atomic E-state index is 13.5. The molecule has 1 aromatic heterocycles. The molecule has 0 saturated carbocycles. The van der Waals surface area contributed by atoms with Gasteiger partial charge in [0.15, 0.2) is 5.88 Å². The Kier molecular flexibility index (Phi) is 9.30.